The molecule has 3 fully saturated rings. The number of benzene rings is 1. The molecule has 3 aromatic rings. The van der Waals surface area contributed by atoms with E-state index in [1.807, 2.05) is 34.9 Å². The lowest BCUT2D eigenvalue weighted by atomic mass is 9.89. The first kappa shape index (κ1) is 32.9. The van der Waals surface area contributed by atoms with Gasteiger partial charge in [-0.3, -0.25) is 4.79 Å². The lowest BCUT2D eigenvalue weighted by molar-refractivity contribution is -0.126. The first-order valence-electron chi connectivity index (χ1n) is 15.7. The van der Waals surface area contributed by atoms with Gasteiger partial charge < -0.3 is 25.1 Å². The van der Waals surface area contributed by atoms with E-state index in [1.54, 1.807) is 30.3 Å². The number of aliphatic hydroxyl groups is 1. The average molecular weight is 674 g/mol. The van der Waals surface area contributed by atoms with Gasteiger partial charge in [-0.05, 0) is 74.8 Å². The summed E-state index contributed by atoms with van der Waals surface area (Å²) in [6.07, 6.45) is 7.41. The monoisotopic (exact) mass is 673 g/mol. The molecule has 2 aromatic heterocycles. The molecule has 3 aliphatic rings. The SMILES string of the molecule is C=CC(=O)N1CCC[C@H]1c1ccc(N2C[C@H](CS(=O)(=O)C(F)(F)F)[C@H]2C)c2cnc(Nc3ccnc(N4CCC(C)(O)CC4)n3)cc12. The summed E-state index contributed by atoms with van der Waals surface area (Å²) < 4.78 is 63.0. The molecule has 0 bridgehead atoms. The van der Waals surface area contributed by atoms with E-state index in [0.717, 1.165) is 34.9 Å². The number of likely N-dealkylation sites (tertiary alicyclic amines) is 1. The van der Waals surface area contributed by atoms with Crippen LogP contribution in [0.2, 0.25) is 0 Å². The molecular weight excluding hydrogens is 635 g/mol. The number of piperidine rings is 1. The third-order valence-corrected chi connectivity index (χ3v) is 11.3. The van der Waals surface area contributed by atoms with E-state index >= 15 is 0 Å². The molecule has 5 heterocycles. The fraction of sp³-hybridized carbons (Fsp3) is 0.500. The second-order valence-electron chi connectivity index (χ2n) is 12.9. The van der Waals surface area contributed by atoms with Gasteiger partial charge in [0.1, 0.15) is 11.6 Å². The van der Waals surface area contributed by atoms with Crippen LogP contribution in [-0.4, -0.2) is 88.4 Å². The first-order valence-corrected chi connectivity index (χ1v) is 17.3. The number of nitrogens with zero attached hydrogens (tertiary/aromatic N) is 6. The number of nitrogens with one attached hydrogen (secondary N) is 1. The van der Waals surface area contributed by atoms with Crippen LogP contribution in [0.3, 0.4) is 0 Å². The van der Waals surface area contributed by atoms with Gasteiger partial charge in [-0.2, -0.15) is 18.2 Å². The largest absolute Gasteiger partial charge is 0.497 e. The van der Waals surface area contributed by atoms with Gasteiger partial charge in [-0.1, -0.05) is 12.6 Å². The molecule has 0 unspecified atom stereocenters. The second kappa shape index (κ2) is 12.2. The number of fused-ring (bicyclic) bond motifs is 1. The fourth-order valence-corrected chi connectivity index (χ4v) is 7.93. The maximum absolute atomic E-state index is 13.1. The molecule has 3 aliphatic heterocycles. The third kappa shape index (κ3) is 6.47. The first-order chi connectivity index (χ1) is 22.2. The van der Waals surface area contributed by atoms with E-state index in [9.17, 15) is 31.5 Å². The Morgan fingerprint density at radius 2 is 1.89 bits per heavy atom. The number of hydrogen-bond acceptors (Lipinski definition) is 10. The highest BCUT2D eigenvalue weighted by Crippen LogP contribution is 2.43. The maximum Gasteiger partial charge on any atom is 0.497 e. The maximum atomic E-state index is 13.1. The number of aromatic nitrogens is 3. The smallest absolute Gasteiger partial charge is 0.390 e. The van der Waals surface area contributed by atoms with Gasteiger partial charge in [0, 0.05) is 61.6 Å². The van der Waals surface area contributed by atoms with Crippen molar-refractivity contribution in [2.75, 3.05) is 47.0 Å². The molecule has 1 amide bonds. The van der Waals surface area contributed by atoms with Crippen molar-refractivity contribution in [2.45, 2.75) is 62.7 Å². The number of carbonyl (C=O) groups excluding carboxylic acids is 1. The fourth-order valence-electron chi connectivity index (χ4n) is 6.79. The summed E-state index contributed by atoms with van der Waals surface area (Å²) >= 11 is 0. The van der Waals surface area contributed by atoms with Crippen LogP contribution in [0.5, 0.6) is 0 Å². The zero-order chi connectivity index (χ0) is 33.7. The highest BCUT2D eigenvalue weighted by molar-refractivity contribution is 7.92. The number of alkyl halides is 3. The topological polar surface area (TPSA) is 132 Å². The van der Waals surface area contributed by atoms with Crippen LogP contribution in [0.15, 0.2) is 49.3 Å². The third-order valence-electron chi connectivity index (χ3n) is 9.70. The molecule has 0 radical (unpaired) electrons. The molecule has 0 spiro atoms. The number of carbonyl (C=O) groups is 1. The minimum atomic E-state index is -5.29. The Labute approximate surface area is 271 Å². The van der Waals surface area contributed by atoms with Crippen molar-refractivity contribution in [1.82, 2.24) is 19.9 Å². The standard InChI is InChI=1S/C32H38F3N7O4S/c1-4-29(43)41-13-5-6-25(41)22-7-8-26(42-18-21(20(42)2)19-47(45,46)32(33,34)35)24-17-37-28(16-23(22)24)38-27-9-12-36-30(39-27)40-14-10-31(3,44)11-15-40/h4,7-9,12,16-17,20-21,25,44H,1,5-6,10-11,13-15,18-19H2,2-3H3,(H,36,37,38,39)/t20-,21-,25+/m1/s1. The molecule has 0 aliphatic carbocycles. The Hall–Kier alpha value is -3.98. The van der Waals surface area contributed by atoms with E-state index in [4.69, 9.17) is 0 Å². The number of pyridine rings is 1. The van der Waals surface area contributed by atoms with Crippen molar-refractivity contribution in [3.05, 3.63) is 54.9 Å². The summed E-state index contributed by atoms with van der Waals surface area (Å²) in [6, 6.07) is 6.74. The van der Waals surface area contributed by atoms with Gasteiger partial charge >= 0.3 is 5.51 Å². The number of amides is 1. The van der Waals surface area contributed by atoms with Gasteiger partial charge in [-0.25, -0.2) is 18.4 Å². The van der Waals surface area contributed by atoms with Crippen molar-refractivity contribution in [3.63, 3.8) is 0 Å². The predicted molar refractivity (Wildman–Crippen MR) is 173 cm³/mol. The van der Waals surface area contributed by atoms with Gasteiger partial charge in [0.15, 0.2) is 0 Å². The van der Waals surface area contributed by atoms with Crippen LogP contribution in [-0.2, 0) is 14.6 Å². The molecule has 6 rings (SSSR count). The van der Waals surface area contributed by atoms with E-state index in [-0.39, 0.29) is 18.5 Å². The van der Waals surface area contributed by atoms with E-state index in [2.05, 4.69) is 26.8 Å². The van der Waals surface area contributed by atoms with Crippen LogP contribution in [0.1, 0.15) is 51.1 Å². The van der Waals surface area contributed by atoms with Gasteiger partial charge in [0.05, 0.1) is 17.4 Å². The molecule has 0 saturated carbocycles. The van der Waals surface area contributed by atoms with Crippen LogP contribution in [0.4, 0.5) is 36.4 Å². The minimum Gasteiger partial charge on any atom is -0.390 e. The minimum absolute atomic E-state index is 0.144. The predicted octanol–water partition coefficient (Wildman–Crippen LogP) is 4.73. The van der Waals surface area contributed by atoms with Gasteiger partial charge in [0.25, 0.3) is 0 Å². The van der Waals surface area contributed by atoms with Crippen LogP contribution >= 0.6 is 0 Å². The highest BCUT2D eigenvalue weighted by Gasteiger charge is 2.50. The molecule has 3 saturated heterocycles. The summed E-state index contributed by atoms with van der Waals surface area (Å²) in [6.45, 7) is 9.18. The Bertz CT molecular complexity index is 1790. The van der Waals surface area contributed by atoms with Crippen molar-refractivity contribution in [1.29, 1.82) is 0 Å². The highest BCUT2D eigenvalue weighted by atomic mass is 32.2. The summed E-state index contributed by atoms with van der Waals surface area (Å²) in [5.41, 5.74) is -4.38. The van der Waals surface area contributed by atoms with E-state index in [1.165, 1.54) is 6.08 Å². The van der Waals surface area contributed by atoms with E-state index < -0.39 is 38.7 Å². The number of sulfone groups is 1. The molecule has 11 nitrogen and oxygen atoms in total. The lowest BCUT2D eigenvalue weighted by Gasteiger charge is -2.48. The normalized spacial score (nSPS) is 23.1. The van der Waals surface area contributed by atoms with Crippen molar-refractivity contribution in [3.8, 4) is 0 Å². The van der Waals surface area contributed by atoms with Gasteiger partial charge in [-0.15, -0.1) is 0 Å². The summed E-state index contributed by atoms with van der Waals surface area (Å²) in [5.74, 6) is -0.269. The zero-order valence-corrected chi connectivity index (χ0v) is 27.1. The number of hydrogen-bond donors (Lipinski definition) is 2. The second-order valence-corrected chi connectivity index (χ2v) is 14.9. The molecule has 15 heteroatoms. The molecule has 252 valence electrons. The Morgan fingerprint density at radius 3 is 2.57 bits per heavy atom. The lowest BCUT2D eigenvalue weighted by Crippen LogP contribution is -2.58. The molecule has 3 atom stereocenters. The Morgan fingerprint density at radius 1 is 1.15 bits per heavy atom. The van der Waals surface area contributed by atoms with Crippen molar-refractivity contribution < 1.29 is 31.5 Å². The number of rotatable bonds is 8. The van der Waals surface area contributed by atoms with Crippen LogP contribution in [0, 0.1) is 5.92 Å². The summed E-state index contributed by atoms with van der Waals surface area (Å²) in [4.78, 5) is 32.2. The zero-order valence-electron chi connectivity index (χ0n) is 26.2. The van der Waals surface area contributed by atoms with Crippen LogP contribution < -0.4 is 15.1 Å². The summed E-state index contributed by atoms with van der Waals surface area (Å²) in [5, 5.41) is 15.1. The summed E-state index contributed by atoms with van der Waals surface area (Å²) in [7, 11) is -5.24. The Kier molecular flexibility index (Phi) is 8.57. The Balaban J connectivity index is 1.32. The quantitative estimate of drug-likeness (QED) is 0.324. The van der Waals surface area contributed by atoms with Crippen molar-refractivity contribution in [2.24, 2.45) is 5.92 Å². The molecular formula is C32H38F3N7O4S. The van der Waals surface area contributed by atoms with Crippen LogP contribution in [0.25, 0.3) is 10.8 Å². The molecule has 1 aromatic carbocycles. The van der Waals surface area contributed by atoms with Gasteiger partial charge in [0.2, 0.25) is 21.7 Å². The molecule has 2 N–H and O–H groups in total. The molecule has 47 heavy (non-hydrogen) atoms. The number of halogens is 3. The average Bonchev–Trinajstić information content (AvgIpc) is 3.51. The van der Waals surface area contributed by atoms with E-state index in [0.29, 0.717) is 50.1 Å². The number of anilines is 4. The van der Waals surface area contributed by atoms with Crippen molar-refractivity contribution >= 4 is 49.8 Å².